The van der Waals surface area contributed by atoms with Crippen molar-refractivity contribution in [2.24, 2.45) is 0 Å². The fraction of sp³-hybridized carbons (Fsp3) is 0.500. The quantitative estimate of drug-likeness (QED) is 0.510. The highest BCUT2D eigenvalue weighted by atomic mass is 16.5. The Morgan fingerprint density at radius 3 is 2.78 bits per heavy atom. The predicted molar refractivity (Wildman–Crippen MR) is 31.2 cm³/mol. The van der Waals surface area contributed by atoms with Crippen molar-refractivity contribution in [2.45, 2.75) is 12.8 Å². The fourth-order valence-electron chi connectivity index (χ4n) is 0.339. The van der Waals surface area contributed by atoms with Gasteiger partial charge in [0.1, 0.15) is 0 Å². The van der Waals surface area contributed by atoms with Crippen LogP contribution in [0.3, 0.4) is 0 Å². The summed E-state index contributed by atoms with van der Waals surface area (Å²) in [6, 6.07) is 0. The molecule has 0 heterocycles. The zero-order chi connectivity index (χ0) is 7.11. The van der Waals surface area contributed by atoms with Crippen molar-refractivity contribution in [1.29, 1.82) is 0 Å². The maximum Gasteiger partial charge on any atom is 0.306 e. The molecule has 0 saturated heterocycles. The number of esters is 1. The largest absolute Gasteiger partial charge is 0.466 e. The first-order valence-electron chi connectivity index (χ1n) is 2.61. The maximum absolute atomic E-state index is 10.4. The van der Waals surface area contributed by atoms with Gasteiger partial charge in [0.2, 0.25) is 0 Å². The Labute approximate surface area is 54.0 Å². The lowest BCUT2D eigenvalue weighted by atomic mass is 10.3. The van der Waals surface area contributed by atoms with E-state index in [2.05, 4.69) is 11.7 Å². The number of carbonyl (C=O) groups is 1. The van der Waals surface area contributed by atoms with Crippen molar-refractivity contribution in [3.8, 4) is 0 Å². The third kappa shape index (κ3) is 5.00. The molecule has 0 atom stereocenters. The van der Waals surface area contributed by atoms with Gasteiger partial charge in [0, 0.05) is 6.42 Å². The average Bonchev–Trinajstić information content (AvgIpc) is 1.85. The third-order valence-electron chi connectivity index (χ3n) is 0.694. The Hall–Kier alpha value is -0.860. The fourth-order valence-corrected chi connectivity index (χ4v) is 0.339. The van der Waals surface area contributed by atoms with E-state index in [9.17, 15) is 9.59 Å². The van der Waals surface area contributed by atoms with Crippen molar-refractivity contribution in [1.82, 2.24) is 0 Å². The molecule has 0 fully saturated rings. The van der Waals surface area contributed by atoms with Crippen LogP contribution in [-0.4, -0.2) is 18.9 Å². The first kappa shape index (κ1) is 8.14. The summed E-state index contributed by atoms with van der Waals surface area (Å²) in [5.74, 6) is -0.395. The molecule has 0 aromatic rings. The van der Waals surface area contributed by atoms with Gasteiger partial charge >= 0.3 is 5.97 Å². The van der Waals surface area contributed by atoms with Gasteiger partial charge in [-0.05, 0) is 6.92 Å². The molecule has 0 aliphatic rings. The van der Waals surface area contributed by atoms with E-state index < -0.39 is 5.97 Å². The second-order valence-electron chi connectivity index (χ2n) is 1.36. The van der Waals surface area contributed by atoms with Crippen molar-refractivity contribution in [3.63, 3.8) is 0 Å². The van der Waals surface area contributed by atoms with Crippen LogP contribution in [0.4, 0.5) is 0 Å². The van der Waals surface area contributed by atoms with Crippen LogP contribution >= 0.6 is 0 Å². The molecule has 0 spiro atoms. The lowest BCUT2D eigenvalue weighted by molar-refractivity contribution is -0.142. The summed E-state index contributed by atoms with van der Waals surface area (Å²) in [7, 11) is 0. The van der Waals surface area contributed by atoms with E-state index in [1.807, 2.05) is 0 Å². The van der Waals surface area contributed by atoms with Crippen molar-refractivity contribution in [3.05, 3.63) is 6.92 Å². The van der Waals surface area contributed by atoms with Crippen LogP contribution in [0.1, 0.15) is 12.8 Å². The first-order valence-corrected chi connectivity index (χ1v) is 2.61. The molecule has 0 amide bonds. The van der Waals surface area contributed by atoms with Crippen LogP contribution in [0, 0.1) is 6.92 Å². The molecular weight excluding hydrogens is 120 g/mol. The van der Waals surface area contributed by atoms with Crippen LogP contribution in [0.15, 0.2) is 0 Å². The lowest BCUT2D eigenvalue weighted by Crippen LogP contribution is -2.03. The smallest absolute Gasteiger partial charge is 0.306 e. The van der Waals surface area contributed by atoms with E-state index in [1.54, 1.807) is 6.29 Å². The highest BCUT2D eigenvalue weighted by molar-refractivity contribution is 5.72. The van der Waals surface area contributed by atoms with Crippen molar-refractivity contribution >= 4 is 12.3 Å². The van der Waals surface area contributed by atoms with Gasteiger partial charge < -0.3 is 4.74 Å². The zero-order valence-electron chi connectivity index (χ0n) is 5.05. The summed E-state index contributed by atoms with van der Waals surface area (Å²) in [6.07, 6.45) is 1.81. The normalized spacial score (nSPS) is 8.56. The molecule has 50 valence electrons. The Morgan fingerprint density at radius 2 is 2.33 bits per heavy atom. The lowest BCUT2D eigenvalue weighted by Gasteiger charge is -1.95. The minimum Gasteiger partial charge on any atom is -0.466 e. The summed E-state index contributed by atoms with van der Waals surface area (Å²) < 4.78 is 4.42. The molecule has 0 rings (SSSR count). The first-order chi connectivity index (χ1) is 4.31. The van der Waals surface area contributed by atoms with Crippen molar-refractivity contribution in [2.75, 3.05) is 6.61 Å². The summed E-state index contributed by atoms with van der Waals surface area (Å²) in [5, 5.41) is 0. The molecule has 0 N–H and O–H groups in total. The van der Waals surface area contributed by atoms with E-state index in [0.29, 0.717) is 0 Å². The second-order valence-corrected chi connectivity index (χ2v) is 1.36. The van der Waals surface area contributed by atoms with Gasteiger partial charge in [0.05, 0.1) is 13.0 Å². The van der Waals surface area contributed by atoms with Gasteiger partial charge in [-0.2, -0.15) is 0 Å². The Kier molecular flexibility index (Phi) is 4.78. The molecule has 0 aromatic carbocycles. The molecule has 9 heavy (non-hydrogen) atoms. The summed E-state index contributed by atoms with van der Waals surface area (Å²) >= 11 is 0. The van der Waals surface area contributed by atoms with Gasteiger partial charge in [0.25, 0.3) is 0 Å². The molecular formula is C6H8O3. The van der Waals surface area contributed by atoms with E-state index in [4.69, 9.17) is 0 Å². The highest BCUT2D eigenvalue weighted by Crippen LogP contribution is 1.87. The van der Waals surface area contributed by atoms with Gasteiger partial charge in [-0.15, -0.1) is 0 Å². The maximum atomic E-state index is 10.4. The monoisotopic (exact) mass is 128 g/mol. The van der Waals surface area contributed by atoms with E-state index in [1.165, 1.54) is 0 Å². The number of hydrogen-bond acceptors (Lipinski definition) is 3. The minimum atomic E-state index is -0.395. The third-order valence-corrected chi connectivity index (χ3v) is 0.694. The van der Waals surface area contributed by atoms with Gasteiger partial charge in [-0.25, -0.2) is 0 Å². The topological polar surface area (TPSA) is 43.4 Å². The van der Waals surface area contributed by atoms with E-state index in [0.717, 1.165) is 0 Å². The summed E-state index contributed by atoms with van der Waals surface area (Å²) in [5.41, 5.74) is 0. The number of hydrogen-bond donors (Lipinski definition) is 0. The molecule has 0 unspecified atom stereocenters. The number of ether oxygens (including phenoxy) is 1. The summed E-state index contributed by atoms with van der Waals surface area (Å²) in [6.45, 7) is 3.41. The zero-order valence-corrected chi connectivity index (χ0v) is 5.05. The molecule has 0 saturated carbocycles. The van der Waals surface area contributed by atoms with Gasteiger partial charge in [-0.3, -0.25) is 9.59 Å². The minimum absolute atomic E-state index is 0.110. The Morgan fingerprint density at radius 1 is 1.67 bits per heavy atom. The molecule has 2 radical (unpaired) electrons. The van der Waals surface area contributed by atoms with Crippen LogP contribution in [0.25, 0.3) is 0 Å². The second kappa shape index (κ2) is 5.28. The SMILES string of the molecule is [CH2]COC(=O)CC[C]=O. The summed E-state index contributed by atoms with van der Waals surface area (Å²) in [4.78, 5) is 19.9. The van der Waals surface area contributed by atoms with Crippen LogP contribution in [0.5, 0.6) is 0 Å². The Bertz CT molecular complexity index is 98.5. The average molecular weight is 128 g/mol. The predicted octanol–water partition coefficient (Wildman–Crippen LogP) is 0.254. The molecule has 0 aliphatic carbocycles. The standard InChI is InChI=1S/C6H8O3/c1-2-9-6(8)4-3-5-7/h1-4H2. The highest BCUT2D eigenvalue weighted by Gasteiger charge is 1.98. The Balaban J connectivity index is 3.16. The molecule has 3 nitrogen and oxygen atoms in total. The molecule has 0 aromatic heterocycles. The van der Waals surface area contributed by atoms with Gasteiger partial charge in [-0.1, -0.05) is 0 Å². The number of carbonyl (C=O) groups excluding carboxylic acids is 2. The van der Waals surface area contributed by atoms with E-state index >= 15 is 0 Å². The molecule has 3 heteroatoms. The van der Waals surface area contributed by atoms with Crippen LogP contribution in [-0.2, 0) is 14.3 Å². The van der Waals surface area contributed by atoms with Crippen LogP contribution < -0.4 is 0 Å². The van der Waals surface area contributed by atoms with Gasteiger partial charge in [0.15, 0.2) is 6.29 Å². The van der Waals surface area contributed by atoms with Crippen LogP contribution in [0.2, 0.25) is 0 Å². The molecule has 0 bridgehead atoms. The molecule has 0 aliphatic heterocycles. The van der Waals surface area contributed by atoms with Crippen molar-refractivity contribution < 1.29 is 14.3 Å². The van der Waals surface area contributed by atoms with E-state index in [-0.39, 0.29) is 19.4 Å². The number of rotatable bonds is 4.